The quantitative estimate of drug-likeness (QED) is 0.358. The molecule has 2 atom stereocenters. The minimum atomic E-state index is -1.02. The van der Waals surface area contributed by atoms with Gasteiger partial charge in [0, 0.05) is 18.2 Å². The van der Waals surface area contributed by atoms with Crippen LogP contribution in [0.15, 0.2) is 11.6 Å². The third-order valence-electron chi connectivity index (χ3n) is 3.52. The van der Waals surface area contributed by atoms with Crippen molar-refractivity contribution in [3.8, 4) is 0 Å². The van der Waals surface area contributed by atoms with Gasteiger partial charge in [0.05, 0.1) is 7.11 Å². The molecule has 2 N–H and O–H groups in total. The van der Waals surface area contributed by atoms with E-state index >= 15 is 0 Å². The Labute approximate surface area is 163 Å². The van der Waals surface area contributed by atoms with Gasteiger partial charge in [-0.2, -0.15) is 0 Å². The molecule has 1 heterocycles. The first kappa shape index (κ1) is 23.3. The van der Waals surface area contributed by atoms with E-state index in [1.165, 1.54) is 13.2 Å². The standard InChI is InChI=1S/C18H28N2O8/c1-11-10-13(26-14(11)21)27-16(23)19-9-7-6-8-12(15(22)25-5)20-17(24)28-18(2,3)4/h10,12-13H,6-9H2,1-5H3,(H,19,23)(H,20,24). The van der Waals surface area contributed by atoms with Crippen molar-refractivity contribution in [2.24, 2.45) is 0 Å². The number of hydrogen-bond acceptors (Lipinski definition) is 8. The highest BCUT2D eigenvalue weighted by Gasteiger charge is 2.26. The minimum absolute atomic E-state index is 0.280. The van der Waals surface area contributed by atoms with E-state index in [-0.39, 0.29) is 6.54 Å². The molecule has 1 rings (SSSR count). The van der Waals surface area contributed by atoms with Gasteiger partial charge >= 0.3 is 24.1 Å². The van der Waals surface area contributed by atoms with Crippen LogP contribution < -0.4 is 10.6 Å². The van der Waals surface area contributed by atoms with E-state index in [1.54, 1.807) is 27.7 Å². The lowest BCUT2D eigenvalue weighted by atomic mass is 10.1. The second-order valence-electron chi connectivity index (χ2n) is 7.17. The van der Waals surface area contributed by atoms with Gasteiger partial charge in [-0.3, -0.25) is 0 Å². The summed E-state index contributed by atoms with van der Waals surface area (Å²) in [5.41, 5.74) is -0.305. The van der Waals surface area contributed by atoms with E-state index in [0.29, 0.717) is 24.8 Å². The van der Waals surface area contributed by atoms with E-state index in [1.807, 2.05) is 0 Å². The largest absolute Gasteiger partial charge is 0.467 e. The number of nitrogens with one attached hydrogen (secondary N) is 2. The first-order valence-corrected chi connectivity index (χ1v) is 8.93. The van der Waals surface area contributed by atoms with Crippen molar-refractivity contribution in [3.05, 3.63) is 11.6 Å². The number of amides is 2. The molecule has 0 aromatic heterocycles. The number of rotatable bonds is 8. The molecule has 0 radical (unpaired) electrons. The van der Waals surface area contributed by atoms with Crippen molar-refractivity contribution in [3.63, 3.8) is 0 Å². The molecule has 2 amide bonds. The Hall–Kier alpha value is -2.78. The molecule has 0 aromatic carbocycles. The summed E-state index contributed by atoms with van der Waals surface area (Å²) >= 11 is 0. The molecule has 0 fully saturated rings. The first-order valence-electron chi connectivity index (χ1n) is 8.93. The molecule has 0 spiro atoms. The average Bonchev–Trinajstić information content (AvgIpc) is 2.88. The fraction of sp³-hybridized carbons (Fsp3) is 0.667. The zero-order valence-corrected chi connectivity index (χ0v) is 16.8. The summed E-state index contributed by atoms with van der Waals surface area (Å²) in [5.74, 6) is -1.10. The fourth-order valence-corrected chi connectivity index (χ4v) is 2.21. The summed E-state index contributed by atoms with van der Waals surface area (Å²) < 4.78 is 19.5. The van der Waals surface area contributed by atoms with Crippen LogP contribution in [0.4, 0.5) is 9.59 Å². The predicted octanol–water partition coefficient (Wildman–Crippen LogP) is 1.78. The molecule has 0 aromatic rings. The van der Waals surface area contributed by atoms with Crippen molar-refractivity contribution in [2.45, 2.75) is 64.9 Å². The third kappa shape index (κ3) is 8.74. The van der Waals surface area contributed by atoms with Gasteiger partial charge in [-0.15, -0.1) is 0 Å². The molecule has 2 unspecified atom stereocenters. The van der Waals surface area contributed by atoms with Gasteiger partial charge in [-0.05, 0) is 47.0 Å². The Morgan fingerprint density at radius 1 is 1.21 bits per heavy atom. The molecule has 0 bridgehead atoms. The Balaban J connectivity index is 2.30. The van der Waals surface area contributed by atoms with Crippen molar-refractivity contribution >= 4 is 24.1 Å². The van der Waals surface area contributed by atoms with Crippen LogP contribution in [0.25, 0.3) is 0 Å². The van der Waals surface area contributed by atoms with E-state index in [2.05, 4.69) is 15.4 Å². The zero-order valence-electron chi connectivity index (χ0n) is 16.8. The maximum absolute atomic E-state index is 11.8. The number of ether oxygens (including phenoxy) is 4. The number of carbonyl (C=O) groups excluding carboxylic acids is 4. The van der Waals surface area contributed by atoms with Crippen LogP contribution in [0.2, 0.25) is 0 Å². The van der Waals surface area contributed by atoms with Crippen molar-refractivity contribution < 1.29 is 38.1 Å². The van der Waals surface area contributed by atoms with Crippen molar-refractivity contribution in [1.29, 1.82) is 0 Å². The van der Waals surface area contributed by atoms with Gasteiger partial charge < -0.3 is 29.6 Å². The average molecular weight is 400 g/mol. The Bertz CT molecular complexity index is 624. The van der Waals surface area contributed by atoms with E-state index in [0.717, 1.165) is 0 Å². The Kier molecular flexibility index (Phi) is 8.75. The monoisotopic (exact) mass is 400 g/mol. The van der Waals surface area contributed by atoms with Crippen LogP contribution in [0.1, 0.15) is 47.0 Å². The molecular formula is C18H28N2O8. The van der Waals surface area contributed by atoms with Crippen molar-refractivity contribution in [2.75, 3.05) is 13.7 Å². The number of esters is 2. The van der Waals surface area contributed by atoms with Gasteiger partial charge in [0.2, 0.25) is 0 Å². The maximum Gasteiger partial charge on any atom is 0.410 e. The second-order valence-corrected chi connectivity index (χ2v) is 7.17. The fourth-order valence-electron chi connectivity index (χ4n) is 2.21. The van der Waals surface area contributed by atoms with Crippen LogP contribution in [0.5, 0.6) is 0 Å². The van der Waals surface area contributed by atoms with E-state index in [9.17, 15) is 19.2 Å². The molecule has 28 heavy (non-hydrogen) atoms. The highest BCUT2D eigenvalue weighted by atomic mass is 16.7. The minimum Gasteiger partial charge on any atom is -0.467 e. The lowest BCUT2D eigenvalue weighted by Crippen LogP contribution is -2.44. The molecule has 0 saturated carbocycles. The molecule has 1 aliphatic rings. The van der Waals surface area contributed by atoms with Crippen LogP contribution in [0, 0.1) is 0 Å². The van der Waals surface area contributed by atoms with Gasteiger partial charge in [0.15, 0.2) is 0 Å². The van der Waals surface area contributed by atoms with Gasteiger partial charge in [0.1, 0.15) is 11.6 Å². The van der Waals surface area contributed by atoms with Crippen LogP contribution in [0.3, 0.4) is 0 Å². The lowest BCUT2D eigenvalue weighted by molar-refractivity contribution is -0.151. The number of cyclic esters (lactones) is 1. The molecule has 158 valence electrons. The predicted molar refractivity (Wildman–Crippen MR) is 97.1 cm³/mol. The third-order valence-corrected chi connectivity index (χ3v) is 3.52. The lowest BCUT2D eigenvalue weighted by Gasteiger charge is -2.22. The summed E-state index contributed by atoms with van der Waals surface area (Å²) in [7, 11) is 1.23. The number of methoxy groups -OCH3 is 1. The molecule has 0 saturated heterocycles. The summed E-state index contributed by atoms with van der Waals surface area (Å²) in [6.07, 6.45) is 0.315. The molecular weight excluding hydrogens is 372 g/mol. The smallest absolute Gasteiger partial charge is 0.410 e. The van der Waals surface area contributed by atoms with Crippen LogP contribution in [-0.2, 0) is 28.5 Å². The van der Waals surface area contributed by atoms with Gasteiger partial charge in [-0.1, -0.05) is 0 Å². The number of unbranched alkanes of at least 4 members (excludes halogenated alkanes) is 1. The molecule has 0 aliphatic carbocycles. The van der Waals surface area contributed by atoms with Gasteiger partial charge in [-0.25, -0.2) is 19.2 Å². The summed E-state index contributed by atoms with van der Waals surface area (Å²) in [6.45, 7) is 6.99. The second kappa shape index (κ2) is 10.5. The van der Waals surface area contributed by atoms with Crippen molar-refractivity contribution in [1.82, 2.24) is 10.6 Å². The van der Waals surface area contributed by atoms with Gasteiger partial charge in [0.25, 0.3) is 6.29 Å². The maximum atomic E-state index is 11.8. The molecule has 1 aliphatic heterocycles. The zero-order chi connectivity index (χ0) is 21.3. The first-order chi connectivity index (χ1) is 13.0. The van der Waals surface area contributed by atoms with Crippen LogP contribution in [-0.4, -0.2) is 55.7 Å². The summed E-state index contributed by atoms with van der Waals surface area (Å²) in [5, 5.41) is 5.00. The normalized spacial score (nSPS) is 17.1. The molecule has 10 nitrogen and oxygen atoms in total. The highest BCUT2D eigenvalue weighted by Crippen LogP contribution is 2.14. The number of hydrogen-bond donors (Lipinski definition) is 2. The SMILES string of the molecule is COC(=O)C(CCCCNC(=O)OC1C=C(C)C(=O)O1)NC(=O)OC(C)(C)C. The highest BCUT2D eigenvalue weighted by molar-refractivity contribution is 5.90. The molecule has 10 heteroatoms. The number of carbonyl (C=O) groups is 4. The number of alkyl carbamates (subject to hydrolysis) is 2. The summed E-state index contributed by atoms with van der Waals surface area (Å²) in [6, 6.07) is -0.849. The van der Waals surface area contributed by atoms with Crippen LogP contribution >= 0.6 is 0 Å². The topological polar surface area (TPSA) is 129 Å². The van der Waals surface area contributed by atoms with E-state index in [4.69, 9.17) is 14.2 Å². The Morgan fingerprint density at radius 2 is 1.89 bits per heavy atom. The summed E-state index contributed by atoms with van der Waals surface area (Å²) in [4.78, 5) is 46.4. The Morgan fingerprint density at radius 3 is 2.43 bits per heavy atom. The van der Waals surface area contributed by atoms with E-state index < -0.39 is 42.1 Å².